The number of aromatic nitrogens is 1. The molecule has 0 amide bonds. The maximum absolute atomic E-state index is 5.56. The van der Waals surface area contributed by atoms with E-state index in [1.807, 2.05) is 6.92 Å². The number of para-hydroxylation sites is 1. The van der Waals surface area contributed by atoms with Crippen molar-refractivity contribution >= 4 is 10.9 Å². The molecule has 1 unspecified atom stereocenters. The van der Waals surface area contributed by atoms with Gasteiger partial charge in [0, 0.05) is 12.8 Å². The van der Waals surface area contributed by atoms with E-state index in [4.69, 9.17) is 4.74 Å². The third-order valence-corrected chi connectivity index (χ3v) is 2.43. The molecule has 0 saturated carbocycles. The van der Waals surface area contributed by atoms with Gasteiger partial charge in [-0.2, -0.15) is 0 Å². The van der Waals surface area contributed by atoms with Crippen LogP contribution in [0.1, 0.15) is 20.1 Å². The second-order valence-electron chi connectivity index (χ2n) is 3.34. The molecule has 0 N–H and O–H groups in total. The molecule has 0 aliphatic carbocycles. The lowest BCUT2D eigenvalue weighted by molar-refractivity contribution is 0.0280. The third-order valence-electron chi connectivity index (χ3n) is 2.43. The molecule has 2 nitrogen and oxygen atoms in total. The summed E-state index contributed by atoms with van der Waals surface area (Å²) in [6.07, 6.45) is 2.19. The lowest BCUT2D eigenvalue weighted by atomic mass is 10.2. The highest BCUT2D eigenvalue weighted by Crippen LogP contribution is 2.20. The topological polar surface area (TPSA) is 14.2 Å². The predicted molar refractivity (Wildman–Crippen MR) is 58.3 cm³/mol. The minimum absolute atomic E-state index is 0.111. The Kier molecular flexibility index (Phi) is 2.55. The molecule has 0 radical (unpaired) electrons. The number of nitrogens with zero attached hydrogens (tertiary/aromatic N) is 1. The van der Waals surface area contributed by atoms with Gasteiger partial charge in [-0.25, -0.2) is 0 Å². The van der Waals surface area contributed by atoms with Crippen LogP contribution in [0.2, 0.25) is 0 Å². The van der Waals surface area contributed by atoms with E-state index in [1.54, 1.807) is 0 Å². The van der Waals surface area contributed by atoms with Crippen molar-refractivity contribution < 1.29 is 4.74 Å². The first-order valence-electron chi connectivity index (χ1n) is 5.00. The largest absolute Gasteiger partial charge is 0.359 e. The molecule has 0 fully saturated rings. The average Bonchev–Trinajstić information content (AvgIpc) is 2.61. The molecule has 0 aliphatic heterocycles. The maximum atomic E-state index is 5.56. The highest BCUT2D eigenvalue weighted by atomic mass is 16.5. The van der Waals surface area contributed by atoms with Crippen molar-refractivity contribution in [3.8, 4) is 0 Å². The fourth-order valence-electron chi connectivity index (χ4n) is 1.74. The van der Waals surface area contributed by atoms with Gasteiger partial charge in [-0.1, -0.05) is 18.2 Å². The second-order valence-corrected chi connectivity index (χ2v) is 3.34. The zero-order valence-corrected chi connectivity index (χ0v) is 8.60. The SMILES string of the molecule is CCOC(C)n1ccc2ccccc21. The van der Waals surface area contributed by atoms with E-state index in [0.717, 1.165) is 6.61 Å². The summed E-state index contributed by atoms with van der Waals surface area (Å²) in [5.74, 6) is 0. The molecule has 0 bridgehead atoms. The molecular weight excluding hydrogens is 174 g/mol. The molecule has 1 aromatic heterocycles. The fraction of sp³-hybridized carbons (Fsp3) is 0.333. The van der Waals surface area contributed by atoms with Gasteiger partial charge in [0.15, 0.2) is 0 Å². The van der Waals surface area contributed by atoms with Gasteiger partial charge in [-0.15, -0.1) is 0 Å². The van der Waals surface area contributed by atoms with Crippen molar-refractivity contribution in [2.24, 2.45) is 0 Å². The smallest absolute Gasteiger partial charge is 0.131 e. The molecule has 2 heteroatoms. The Morgan fingerprint density at radius 2 is 2.07 bits per heavy atom. The van der Waals surface area contributed by atoms with Gasteiger partial charge in [0.2, 0.25) is 0 Å². The third kappa shape index (κ3) is 1.53. The second kappa shape index (κ2) is 3.84. The minimum atomic E-state index is 0.111. The van der Waals surface area contributed by atoms with Crippen LogP contribution < -0.4 is 0 Å². The van der Waals surface area contributed by atoms with Crippen molar-refractivity contribution in [3.63, 3.8) is 0 Å². The van der Waals surface area contributed by atoms with Gasteiger partial charge in [0.05, 0.1) is 5.52 Å². The molecule has 2 aromatic rings. The van der Waals surface area contributed by atoms with Gasteiger partial charge in [-0.3, -0.25) is 0 Å². The quantitative estimate of drug-likeness (QED) is 0.723. The van der Waals surface area contributed by atoms with E-state index in [1.165, 1.54) is 10.9 Å². The Bertz CT molecular complexity index is 419. The van der Waals surface area contributed by atoms with Crippen LogP contribution in [-0.4, -0.2) is 11.2 Å². The van der Waals surface area contributed by atoms with E-state index in [-0.39, 0.29) is 6.23 Å². The Morgan fingerprint density at radius 1 is 1.29 bits per heavy atom. The van der Waals surface area contributed by atoms with Crippen LogP contribution in [0.25, 0.3) is 10.9 Å². The van der Waals surface area contributed by atoms with Crippen LogP contribution >= 0.6 is 0 Å². The van der Waals surface area contributed by atoms with E-state index in [0.29, 0.717) is 0 Å². The number of ether oxygens (including phenoxy) is 1. The molecule has 74 valence electrons. The number of hydrogen-bond donors (Lipinski definition) is 0. The lowest BCUT2D eigenvalue weighted by Gasteiger charge is -2.14. The monoisotopic (exact) mass is 189 g/mol. The average molecular weight is 189 g/mol. The van der Waals surface area contributed by atoms with Crippen LogP contribution in [0.3, 0.4) is 0 Å². The first-order chi connectivity index (χ1) is 6.83. The highest BCUT2D eigenvalue weighted by molar-refractivity contribution is 5.79. The van der Waals surface area contributed by atoms with Crippen LogP contribution in [0.15, 0.2) is 36.5 Å². The van der Waals surface area contributed by atoms with Crippen molar-refractivity contribution in [2.75, 3.05) is 6.61 Å². The van der Waals surface area contributed by atoms with E-state index >= 15 is 0 Å². The predicted octanol–water partition coefficient (Wildman–Crippen LogP) is 3.20. The molecule has 0 aliphatic rings. The summed E-state index contributed by atoms with van der Waals surface area (Å²) in [6.45, 7) is 4.83. The van der Waals surface area contributed by atoms with Crippen molar-refractivity contribution in [1.29, 1.82) is 0 Å². The standard InChI is InChI=1S/C12H15NO/c1-3-14-10(2)13-9-8-11-6-4-5-7-12(11)13/h4-10H,3H2,1-2H3. The maximum Gasteiger partial charge on any atom is 0.131 e. The van der Waals surface area contributed by atoms with Gasteiger partial charge in [-0.05, 0) is 31.4 Å². The Hall–Kier alpha value is -1.28. The Labute approximate surface area is 84.1 Å². The number of benzene rings is 1. The molecule has 1 heterocycles. The Balaban J connectivity index is 2.42. The van der Waals surface area contributed by atoms with Crippen LogP contribution in [0.5, 0.6) is 0 Å². The summed E-state index contributed by atoms with van der Waals surface area (Å²) in [5, 5.41) is 1.26. The van der Waals surface area contributed by atoms with Gasteiger partial charge in [0.1, 0.15) is 6.23 Å². The first kappa shape index (κ1) is 9.28. The molecule has 1 atom stereocenters. The molecule has 0 saturated heterocycles. The van der Waals surface area contributed by atoms with Gasteiger partial charge in [0.25, 0.3) is 0 Å². The lowest BCUT2D eigenvalue weighted by Crippen LogP contribution is -2.07. The summed E-state index contributed by atoms with van der Waals surface area (Å²) < 4.78 is 7.71. The number of hydrogen-bond acceptors (Lipinski definition) is 1. The zero-order valence-electron chi connectivity index (χ0n) is 8.60. The first-order valence-corrected chi connectivity index (χ1v) is 5.00. The normalized spacial score (nSPS) is 13.3. The van der Waals surface area contributed by atoms with Crippen molar-refractivity contribution in [2.45, 2.75) is 20.1 Å². The number of rotatable bonds is 3. The van der Waals surface area contributed by atoms with Crippen LogP contribution in [-0.2, 0) is 4.74 Å². The summed E-state index contributed by atoms with van der Waals surface area (Å²) in [7, 11) is 0. The molecule has 0 spiro atoms. The van der Waals surface area contributed by atoms with E-state index < -0.39 is 0 Å². The van der Waals surface area contributed by atoms with Crippen molar-refractivity contribution in [3.05, 3.63) is 36.5 Å². The summed E-state index contributed by atoms with van der Waals surface area (Å²) in [6, 6.07) is 10.5. The molecule has 1 aromatic carbocycles. The van der Waals surface area contributed by atoms with Crippen molar-refractivity contribution in [1.82, 2.24) is 4.57 Å². The van der Waals surface area contributed by atoms with E-state index in [2.05, 4.69) is 48.0 Å². The van der Waals surface area contributed by atoms with Gasteiger partial charge < -0.3 is 9.30 Å². The molecular formula is C12H15NO. The Morgan fingerprint density at radius 3 is 2.86 bits per heavy atom. The number of fused-ring (bicyclic) bond motifs is 1. The highest BCUT2D eigenvalue weighted by Gasteiger charge is 2.06. The minimum Gasteiger partial charge on any atom is -0.359 e. The van der Waals surface area contributed by atoms with E-state index in [9.17, 15) is 0 Å². The molecule has 2 rings (SSSR count). The van der Waals surface area contributed by atoms with Gasteiger partial charge >= 0.3 is 0 Å². The summed E-state index contributed by atoms with van der Waals surface area (Å²) in [5.41, 5.74) is 1.23. The summed E-state index contributed by atoms with van der Waals surface area (Å²) in [4.78, 5) is 0. The molecule has 14 heavy (non-hydrogen) atoms. The zero-order chi connectivity index (χ0) is 9.97. The van der Waals surface area contributed by atoms with Crippen LogP contribution in [0.4, 0.5) is 0 Å². The summed E-state index contributed by atoms with van der Waals surface area (Å²) >= 11 is 0. The van der Waals surface area contributed by atoms with Crippen LogP contribution in [0, 0.1) is 0 Å². The fourth-order valence-corrected chi connectivity index (χ4v) is 1.74.